The number of rotatable bonds is 3. The van der Waals surface area contributed by atoms with Crippen molar-refractivity contribution < 1.29 is 14.1 Å². The van der Waals surface area contributed by atoms with Gasteiger partial charge in [-0.15, -0.1) is 0 Å². The first kappa shape index (κ1) is 19.0. The molecular weight excluding hydrogens is 357 g/mol. The average molecular weight is 374 g/mol. The van der Waals surface area contributed by atoms with Crippen molar-refractivity contribution in [1.29, 1.82) is 15.8 Å². The topological polar surface area (TPSA) is 108 Å². The Morgan fingerprint density at radius 1 is 1.11 bits per heavy atom. The van der Waals surface area contributed by atoms with Crippen LogP contribution in [0.25, 0.3) is 0 Å². The first-order valence-electron chi connectivity index (χ1n) is 8.58. The fourth-order valence-electron chi connectivity index (χ4n) is 3.66. The number of nitriles is 3. The number of aromatic nitrogens is 1. The number of allylic oxidation sites excluding steroid dienone is 2. The van der Waals surface area contributed by atoms with E-state index < -0.39 is 29.4 Å². The number of nitrogens with zero attached hydrogens (tertiary/aromatic N) is 4. The van der Waals surface area contributed by atoms with Crippen LogP contribution in [-0.4, -0.2) is 10.8 Å². The van der Waals surface area contributed by atoms with Crippen LogP contribution in [0.5, 0.6) is 0 Å². The van der Waals surface area contributed by atoms with Crippen molar-refractivity contribution in [2.75, 3.05) is 0 Å². The minimum absolute atomic E-state index is 0.0691. The zero-order valence-corrected chi connectivity index (χ0v) is 15.0. The Kier molecular flexibility index (Phi) is 5.09. The standard InChI is InChI=1S/C21H17FN5O/c1-21(28)20(27-9-3-2-4-10-27)18(14-5-7-16(22)8-6-14)17(13-25)19(26-21)15(11-23)12-24/h2-10,15,18,20,26,28H,1H3/q+1/t18-,20+,21+/m0/s1. The number of hydrogen-bond acceptors (Lipinski definition) is 5. The van der Waals surface area contributed by atoms with Crippen molar-refractivity contribution >= 4 is 0 Å². The maximum atomic E-state index is 13.5. The third-order valence-electron chi connectivity index (χ3n) is 4.84. The SMILES string of the molecule is C[C@]1(O)NC(C(C#N)C#N)=C(C#N)[C@H](c2ccc(F)cc2)[C@H]1[n+]1ccccc1. The van der Waals surface area contributed by atoms with Crippen LogP contribution in [0.4, 0.5) is 4.39 Å². The maximum absolute atomic E-state index is 13.5. The lowest BCUT2D eigenvalue weighted by Crippen LogP contribution is -2.63. The van der Waals surface area contributed by atoms with Gasteiger partial charge in [-0.1, -0.05) is 18.2 Å². The second-order valence-electron chi connectivity index (χ2n) is 6.70. The van der Waals surface area contributed by atoms with Crippen molar-refractivity contribution in [2.45, 2.75) is 24.6 Å². The van der Waals surface area contributed by atoms with Gasteiger partial charge in [0.2, 0.25) is 6.04 Å². The first-order chi connectivity index (χ1) is 13.4. The highest BCUT2D eigenvalue weighted by Crippen LogP contribution is 2.43. The van der Waals surface area contributed by atoms with E-state index in [1.54, 1.807) is 41.2 Å². The number of benzene rings is 1. The van der Waals surface area contributed by atoms with Gasteiger partial charge in [0.25, 0.3) is 0 Å². The number of nitrogens with one attached hydrogen (secondary N) is 1. The molecule has 3 rings (SSSR count). The maximum Gasteiger partial charge on any atom is 0.216 e. The highest BCUT2D eigenvalue weighted by atomic mass is 19.1. The van der Waals surface area contributed by atoms with Crippen LogP contribution in [0.3, 0.4) is 0 Å². The minimum atomic E-state index is -1.59. The van der Waals surface area contributed by atoms with Crippen molar-refractivity contribution in [3.8, 4) is 18.2 Å². The molecule has 138 valence electrons. The predicted molar refractivity (Wildman–Crippen MR) is 95.9 cm³/mol. The third kappa shape index (κ3) is 3.30. The smallest absolute Gasteiger partial charge is 0.216 e. The number of halogens is 1. The zero-order valence-electron chi connectivity index (χ0n) is 15.0. The van der Waals surface area contributed by atoms with Gasteiger partial charge in [-0.25, -0.2) is 4.39 Å². The van der Waals surface area contributed by atoms with Crippen LogP contribution < -0.4 is 9.88 Å². The summed E-state index contributed by atoms with van der Waals surface area (Å²) in [5.41, 5.74) is -0.771. The molecule has 3 atom stereocenters. The van der Waals surface area contributed by atoms with Crippen molar-refractivity contribution in [2.24, 2.45) is 5.92 Å². The summed E-state index contributed by atoms with van der Waals surface area (Å²) in [5.74, 6) is -2.37. The molecule has 0 saturated carbocycles. The summed E-state index contributed by atoms with van der Waals surface area (Å²) in [7, 11) is 0. The molecule has 0 saturated heterocycles. The molecule has 1 aromatic heterocycles. The van der Waals surface area contributed by atoms with Gasteiger partial charge in [-0.05, 0) is 24.6 Å². The van der Waals surface area contributed by atoms with E-state index in [1.165, 1.54) is 19.1 Å². The van der Waals surface area contributed by atoms with E-state index in [0.717, 1.165) is 0 Å². The largest absolute Gasteiger partial charge is 0.366 e. The summed E-state index contributed by atoms with van der Waals surface area (Å²) in [6.07, 6.45) is 3.51. The van der Waals surface area contributed by atoms with Crippen molar-refractivity contribution in [3.63, 3.8) is 0 Å². The lowest BCUT2D eigenvalue weighted by molar-refractivity contribution is -0.741. The van der Waals surface area contributed by atoms with E-state index in [1.807, 2.05) is 18.2 Å². The molecule has 1 aromatic carbocycles. The molecule has 0 fully saturated rings. The predicted octanol–water partition coefficient (Wildman–Crippen LogP) is 2.19. The van der Waals surface area contributed by atoms with E-state index in [4.69, 9.17) is 0 Å². The van der Waals surface area contributed by atoms with Crippen LogP contribution in [0.15, 0.2) is 66.1 Å². The number of hydrogen-bond donors (Lipinski definition) is 2. The van der Waals surface area contributed by atoms with Gasteiger partial charge in [-0.3, -0.25) is 0 Å². The summed E-state index contributed by atoms with van der Waals surface area (Å²) < 4.78 is 15.2. The van der Waals surface area contributed by atoms with Crippen molar-refractivity contribution in [3.05, 3.63) is 77.5 Å². The highest BCUT2D eigenvalue weighted by molar-refractivity contribution is 5.46. The Morgan fingerprint density at radius 3 is 2.25 bits per heavy atom. The Morgan fingerprint density at radius 2 is 1.71 bits per heavy atom. The normalized spacial score (nSPS) is 24.0. The van der Waals surface area contributed by atoms with E-state index >= 15 is 0 Å². The highest BCUT2D eigenvalue weighted by Gasteiger charge is 2.53. The molecular formula is C21H17FN5O+. The number of aliphatic hydroxyl groups is 1. The lowest BCUT2D eigenvalue weighted by atomic mass is 9.75. The molecule has 0 aliphatic carbocycles. The Bertz CT molecular complexity index is 1010. The van der Waals surface area contributed by atoms with Crippen LogP contribution in [-0.2, 0) is 0 Å². The van der Waals surface area contributed by atoms with Gasteiger partial charge < -0.3 is 10.4 Å². The number of pyridine rings is 1. The van der Waals surface area contributed by atoms with Gasteiger partial charge in [0, 0.05) is 12.1 Å². The first-order valence-corrected chi connectivity index (χ1v) is 8.58. The summed E-state index contributed by atoms with van der Waals surface area (Å²) in [6, 6.07) is 16.2. The average Bonchev–Trinajstić information content (AvgIpc) is 2.69. The minimum Gasteiger partial charge on any atom is -0.366 e. The summed E-state index contributed by atoms with van der Waals surface area (Å²) in [6.45, 7) is 1.52. The molecule has 28 heavy (non-hydrogen) atoms. The molecule has 0 spiro atoms. The van der Waals surface area contributed by atoms with Crippen LogP contribution >= 0.6 is 0 Å². The second-order valence-corrected chi connectivity index (χ2v) is 6.70. The molecule has 2 heterocycles. The molecule has 0 radical (unpaired) electrons. The van der Waals surface area contributed by atoms with E-state index in [2.05, 4.69) is 11.4 Å². The van der Waals surface area contributed by atoms with E-state index in [-0.39, 0.29) is 11.3 Å². The molecule has 0 amide bonds. The molecule has 0 bridgehead atoms. The second kappa shape index (κ2) is 7.48. The molecule has 1 aliphatic heterocycles. The molecule has 1 aliphatic rings. The Hall–Kier alpha value is -3.73. The monoisotopic (exact) mass is 374 g/mol. The summed E-state index contributed by atoms with van der Waals surface area (Å²) >= 11 is 0. The van der Waals surface area contributed by atoms with Crippen LogP contribution in [0, 0.1) is 45.7 Å². The summed E-state index contributed by atoms with van der Waals surface area (Å²) in [4.78, 5) is 0. The fraction of sp³-hybridized carbons (Fsp3) is 0.238. The Labute approximate surface area is 162 Å². The Balaban J connectivity index is 2.31. The van der Waals surface area contributed by atoms with E-state index in [9.17, 15) is 25.3 Å². The molecule has 6 nitrogen and oxygen atoms in total. The van der Waals surface area contributed by atoms with Gasteiger partial charge in [-0.2, -0.15) is 20.4 Å². The van der Waals surface area contributed by atoms with Gasteiger partial charge in [0.1, 0.15) is 5.82 Å². The van der Waals surface area contributed by atoms with Gasteiger partial charge in [0.15, 0.2) is 24.0 Å². The third-order valence-corrected chi connectivity index (χ3v) is 4.84. The van der Waals surface area contributed by atoms with Gasteiger partial charge >= 0.3 is 0 Å². The zero-order chi connectivity index (χ0) is 20.3. The molecule has 2 N–H and O–H groups in total. The molecule has 7 heteroatoms. The van der Waals surface area contributed by atoms with Crippen LogP contribution in [0.1, 0.15) is 24.4 Å². The molecule has 0 unspecified atom stereocenters. The van der Waals surface area contributed by atoms with E-state index in [0.29, 0.717) is 5.56 Å². The van der Waals surface area contributed by atoms with Gasteiger partial charge in [0.05, 0.1) is 35.4 Å². The fourth-order valence-corrected chi connectivity index (χ4v) is 3.66. The van der Waals surface area contributed by atoms with Crippen LogP contribution in [0.2, 0.25) is 0 Å². The molecule has 2 aromatic rings. The summed E-state index contributed by atoms with van der Waals surface area (Å²) in [5, 5.41) is 42.6. The quantitative estimate of drug-likeness (QED) is 0.801. The lowest BCUT2D eigenvalue weighted by Gasteiger charge is -2.41. The van der Waals surface area contributed by atoms with Crippen molar-refractivity contribution in [1.82, 2.24) is 5.32 Å².